The van der Waals surface area contributed by atoms with Crippen molar-refractivity contribution in [1.82, 2.24) is 4.98 Å². The fourth-order valence-electron chi connectivity index (χ4n) is 1.30. The molecular weight excluding hydrogens is 242 g/mol. The summed E-state index contributed by atoms with van der Waals surface area (Å²) in [6, 6.07) is 0.962. The molecule has 0 saturated carbocycles. The molecule has 0 spiro atoms. The van der Waals surface area contributed by atoms with Crippen LogP contribution < -0.4 is 5.32 Å². The minimum Gasteiger partial charge on any atom is -0.478 e. The van der Waals surface area contributed by atoms with Gasteiger partial charge in [-0.1, -0.05) is 0 Å². The largest absolute Gasteiger partial charge is 0.478 e. The molecule has 0 radical (unpaired) electrons. The summed E-state index contributed by atoms with van der Waals surface area (Å²) >= 11 is 0. The number of aromatic carboxylic acids is 1. The number of pyridine rings is 1. The van der Waals surface area contributed by atoms with Gasteiger partial charge in [0.05, 0.1) is 4.92 Å². The van der Waals surface area contributed by atoms with E-state index >= 15 is 0 Å². The molecule has 1 aromatic rings. The summed E-state index contributed by atoms with van der Waals surface area (Å²) in [5.41, 5.74) is -0.610. The average Bonchev–Trinajstić information content (AvgIpc) is 2.34. The number of rotatable bonds is 7. The first-order valence-corrected chi connectivity index (χ1v) is 5.28. The van der Waals surface area contributed by atoms with Crippen LogP contribution in [0.1, 0.15) is 23.2 Å². The van der Waals surface area contributed by atoms with Crippen molar-refractivity contribution in [1.29, 1.82) is 0 Å². The quantitative estimate of drug-likeness (QED) is 0.375. The van der Waals surface area contributed by atoms with E-state index < -0.39 is 10.9 Å². The number of nitro groups is 1. The zero-order chi connectivity index (χ0) is 13.5. The highest BCUT2D eigenvalue weighted by molar-refractivity contribution is 5.93. The van der Waals surface area contributed by atoms with Crippen molar-refractivity contribution in [2.45, 2.75) is 12.8 Å². The van der Waals surface area contributed by atoms with E-state index in [0.717, 1.165) is 12.3 Å². The number of carboxylic acids is 1. The summed E-state index contributed by atoms with van der Waals surface area (Å²) in [6.45, 7) is 0.493. The lowest BCUT2D eigenvalue weighted by Crippen LogP contribution is -2.10. The maximum Gasteiger partial charge on any atom is 0.339 e. The second-order valence-corrected chi connectivity index (χ2v) is 3.51. The van der Waals surface area contributed by atoms with Crippen molar-refractivity contribution in [3.05, 3.63) is 27.9 Å². The second kappa shape index (κ2) is 6.50. The number of carboxylic acid groups (broad SMARTS) is 1. The molecule has 98 valence electrons. The van der Waals surface area contributed by atoms with E-state index in [1.165, 1.54) is 0 Å². The van der Waals surface area contributed by atoms with Gasteiger partial charge in [0.2, 0.25) is 0 Å². The van der Waals surface area contributed by atoms with Crippen molar-refractivity contribution >= 4 is 17.5 Å². The molecule has 0 saturated heterocycles. The Hall–Kier alpha value is -2.22. The SMILES string of the molecule is O=C(O)c1cc([N+](=O)[O-])cnc1NCCCCO. The number of hydrogen-bond acceptors (Lipinski definition) is 6. The molecule has 0 atom stereocenters. The minimum atomic E-state index is -1.28. The topological polar surface area (TPSA) is 126 Å². The molecule has 0 aromatic carbocycles. The fourth-order valence-corrected chi connectivity index (χ4v) is 1.30. The first kappa shape index (κ1) is 13.8. The van der Waals surface area contributed by atoms with Gasteiger partial charge in [-0.15, -0.1) is 0 Å². The predicted octanol–water partition coefficient (Wildman–Crippen LogP) is 0.872. The number of hydrogen-bond donors (Lipinski definition) is 3. The van der Waals surface area contributed by atoms with E-state index in [1.54, 1.807) is 0 Å². The molecule has 8 nitrogen and oxygen atoms in total. The average molecular weight is 255 g/mol. The summed E-state index contributed by atoms with van der Waals surface area (Å²) in [5, 5.41) is 30.8. The molecule has 0 bridgehead atoms. The molecule has 1 rings (SSSR count). The molecule has 0 amide bonds. The third kappa shape index (κ3) is 3.67. The van der Waals surface area contributed by atoms with E-state index in [4.69, 9.17) is 10.2 Å². The number of anilines is 1. The van der Waals surface area contributed by atoms with Crippen LogP contribution in [0.5, 0.6) is 0 Å². The van der Waals surface area contributed by atoms with Crippen LogP contribution in [-0.4, -0.2) is 39.2 Å². The number of aromatic nitrogens is 1. The van der Waals surface area contributed by atoms with Crippen LogP contribution in [0, 0.1) is 10.1 Å². The van der Waals surface area contributed by atoms with Gasteiger partial charge in [-0.3, -0.25) is 10.1 Å². The Bertz CT molecular complexity index is 449. The maximum absolute atomic E-state index is 10.9. The van der Waals surface area contributed by atoms with E-state index in [0.29, 0.717) is 19.4 Å². The van der Waals surface area contributed by atoms with Crippen molar-refractivity contribution in [2.75, 3.05) is 18.5 Å². The minimum absolute atomic E-state index is 0.0567. The molecular formula is C10H13N3O5. The van der Waals surface area contributed by atoms with Gasteiger partial charge in [0.15, 0.2) is 0 Å². The first-order chi connectivity index (χ1) is 8.56. The van der Waals surface area contributed by atoms with Crippen LogP contribution in [0.2, 0.25) is 0 Å². The number of nitrogens with one attached hydrogen (secondary N) is 1. The number of aliphatic hydroxyl groups excluding tert-OH is 1. The Morgan fingerprint density at radius 3 is 2.78 bits per heavy atom. The van der Waals surface area contributed by atoms with Gasteiger partial charge in [0.1, 0.15) is 17.6 Å². The predicted molar refractivity (Wildman–Crippen MR) is 62.7 cm³/mol. The van der Waals surface area contributed by atoms with Crippen LogP contribution in [0.15, 0.2) is 12.3 Å². The molecule has 0 unspecified atom stereocenters. The number of carbonyl (C=O) groups is 1. The molecule has 8 heteroatoms. The molecule has 18 heavy (non-hydrogen) atoms. The van der Waals surface area contributed by atoms with Crippen LogP contribution >= 0.6 is 0 Å². The summed E-state index contributed by atoms with van der Waals surface area (Å²) in [4.78, 5) is 24.5. The van der Waals surface area contributed by atoms with E-state index in [1.807, 2.05) is 0 Å². The number of aliphatic hydroxyl groups is 1. The van der Waals surface area contributed by atoms with Crippen molar-refractivity contribution in [2.24, 2.45) is 0 Å². The normalized spacial score (nSPS) is 10.1. The lowest BCUT2D eigenvalue weighted by atomic mass is 10.2. The van der Waals surface area contributed by atoms with Crippen LogP contribution in [0.25, 0.3) is 0 Å². The monoisotopic (exact) mass is 255 g/mol. The lowest BCUT2D eigenvalue weighted by molar-refractivity contribution is -0.385. The summed E-state index contributed by atoms with van der Waals surface area (Å²) in [5.74, 6) is -1.19. The van der Waals surface area contributed by atoms with Crippen molar-refractivity contribution < 1.29 is 19.9 Å². The standard InChI is InChI=1S/C10H13N3O5/c14-4-2-1-3-11-9-8(10(15)16)5-7(6-12-9)13(17)18/h5-6,14H,1-4H2,(H,11,12)(H,15,16). The van der Waals surface area contributed by atoms with Crippen LogP contribution in [0.3, 0.4) is 0 Å². The van der Waals surface area contributed by atoms with Crippen LogP contribution in [-0.2, 0) is 0 Å². The first-order valence-electron chi connectivity index (χ1n) is 5.28. The number of unbranched alkanes of at least 4 members (excludes halogenated alkanes) is 1. The van der Waals surface area contributed by atoms with Gasteiger partial charge >= 0.3 is 5.97 Å². The third-order valence-corrected chi connectivity index (χ3v) is 2.19. The van der Waals surface area contributed by atoms with Crippen molar-refractivity contribution in [3.8, 4) is 0 Å². The van der Waals surface area contributed by atoms with Gasteiger partial charge in [0.25, 0.3) is 5.69 Å². The highest BCUT2D eigenvalue weighted by Gasteiger charge is 2.17. The van der Waals surface area contributed by atoms with Gasteiger partial charge in [-0.25, -0.2) is 9.78 Å². The molecule has 0 aliphatic carbocycles. The van der Waals surface area contributed by atoms with Gasteiger partial charge in [-0.2, -0.15) is 0 Å². The molecule has 0 fully saturated rings. The van der Waals surface area contributed by atoms with E-state index in [2.05, 4.69) is 10.3 Å². The molecule has 1 heterocycles. The maximum atomic E-state index is 10.9. The Morgan fingerprint density at radius 2 is 2.22 bits per heavy atom. The molecule has 1 aromatic heterocycles. The Balaban J connectivity index is 2.83. The Morgan fingerprint density at radius 1 is 1.50 bits per heavy atom. The smallest absolute Gasteiger partial charge is 0.339 e. The Kier molecular flexibility index (Phi) is 5.00. The highest BCUT2D eigenvalue weighted by atomic mass is 16.6. The fraction of sp³-hybridized carbons (Fsp3) is 0.400. The summed E-state index contributed by atoms with van der Waals surface area (Å²) in [6.07, 6.45) is 2.23. The van der Waals surface area contributed by atoms with Crippen LogP contribution in [0.4, 0.5) is 11.5 Å². The second-order valence-electron chi connectivity index (χ2n) is 3.51. The third-order valence-electron chi connectivity index (χ3n) is 2.19. The zero-order valence-electron chi connectivity index (χ0n) is 9.50. The summed E-state index contributed by atoms with van der Waals surface area (Å²) in [7, 11) is 0. The van der Waals surface area contributed by atoms with Gasteiger partial charge < -0.3 is 15.5 Å². The van der Waals surface area contributed by atoms with E-state index in [-0.39, 0.29) is 23.7 Å². The highest BCUT2D eigenvalue weighted by Crippen LogP contribution is 2.19. The van der Waals surface area contributed by atoms with Gasteiger partial charge in [-0.05, 0) is 12.8 Å². The van der Waals surface area contributed by atoms with Crippen molar-refractivity contribution in [3.63, 3.8) is 0 Å². The molecule has 0 aliphatic rings. The Labute approximate surface area is 102 Å². The molecule has 0 aliphatic heterocycles. The zero-order valence-corrected chi connectivity index (χ0v) is 9.50. The number of nitrogens with zero attached hydrogens (tertiary/aromatic N) is 2. The van der Waals surface area contributed by atoms with E-state index in [9.17, 15) is 14.9 Å². The lowest BCUT2D eigenvalue weighted by Gasteiger charge is -2.07. The summed E-state index contributed by atoms with van der Waals surface area (Å²) < 4.78 is 0. The van der Waals surface area contributed by atoms with Gasteiger partial charge in [0, 0.05) is 19.2 Å². The molecule has 3 N–H and O–H groups in total.